The number of thioether (sulfide) groups is 3. The average Bonchev–Trinajstić information content (AvgIpc) is 1.65. The molecule has 0 radical (unpaired) electrons. The summed E-state index contributed by atoms with van der Waals surface area (Å²) in [5, 5.41) is 10.5. The van der Waals surface area contributed by atoms with Gasteiger partial charge in [0.05, 0.1) is 77.6 Å². The number of likely N-dealkylation sites (tertiary alicyclic amines) is 2. The Kier molecular flexibility index (Phi) is 31.7. The van der Waals surface area contributed by atoms with E-state index in [2.05, 4.69) is 61.2 Å². The summed E-state index contributed by atoms with van der Waals surface area (Å²) in [6, 6.07) is 69.9. The van der Waals surface area contributed by atoms with E-state index in [0.29, 0.717) is 117 Å². The fourth-order valence-corrected chi connectivity index (χ4v) is 18.2. The summed E-state index contributed by atoms with van der Waals surface area (Å²) in [7, 11) is 0. The van der Waals surface area contributed by atoms with Gasteiger partial charge >= 0.3 is 18.3 Å². The van der Waals surface area contributed by atoms with E-state index in [1.54, 1.807) is 158 Å². The average molecular weight is 1880 g/mol. The number of ether oxygens (including phenoxy) is 3. The Hall–Kier alpha value is -15.2. The number of alkyl carbamates (subject to hydrolysis) is 1. The molecule has 17 rings (SSSR count). The first-order valence-electron chi connectivity index (χ1n) is 43.1. The fourth-order valence-electron chi connectivity index (χ4n) is 14.7. The SMILES string of the molecule is Cc1cnc(CN2C(=O)C(c3ccc(NC(=O)[C@@H]4CCCN4C(=O)OCc4ccccc4)cc3)SC2=Nc2cccc(F)c2)cn1.Cc1cnc(CN2C(=O)C(c3ccc(NC(=O)[C@H](C)NC(=O)OCc4ccccc4)cc3)SC2=Nc2cccc(F)c2)cn1.O=C(Nc1ccc(C2SC(=Nc3cccc(F)c3)N(Cc3ccccn3)C2=O)cc1)[C@@H]1CCCN1C(=O)OCc1ccccc1. The van der Waals surface area contributed by atoms with E-state index in [1.165, 1.54) is 91.3 Å². The number of nitrogens with one attached hydrogen (secondary N) is 4. The van der Waals surface area contributed by atoms with Crippen LogP contribution in [0.2, 0.25) is 0 Å². The van der Waals surface area contributed by atoms with Gasteiger partial charge in [0.25, 0.3) is 0 Å². The molecule has 3 aromatic heterocycles. The predicted molar refractivity (Wildman–Crippen MR) is 508 cm³/mol. The molecule has 6 atom stereocenters. The summed E-state index contributed by atoms with van der Waals surface area (Å²) >= 11 is 3.78. The van der Waals surface area contributed by atoms with Crippen LogP contribution in [0.15, 0.2) is 301 Å². The second-order valence-corrected chi connectivity index (χ2v) is 34.8. The Morgan fingerprint density at radius 1 is 0.407 bits per heavy atom. The number of nitrogens with zero attached hydrogens (tertiary/aromatic N) is 13. The smallest absolute Gasteiger partial charge is 0.410 e. The molecule has 5 saturated heterocycles. The number of carbonyl (C=O) groups is 9. The number of hydrogen-bond acceptors (Lipinski definition) is 23. The van der Waals surface area contributed by atoms with Gasteiger partial charge in [0, 0.05) is 48.7 Å². The van der Waals surface area contributed by atoms with E-state index in [9.17, 15) is 56.3 Å². The highest BCUT2D eigenvalue weighted by molar-refractivity contribution is 8.15. The van der Waals surface area contributed by atoms with Gasteiger partial charge in [-0.3, -0.25) is 78.2 Å². The van der Waals surface area contributed by atoms with Crippen LogP contribution in [0.3, 0.4) is 0 Å². The van der Waals surface area contributed by atoms with Crippen LogP contribution in [-0.4, -0.2) is 150 Å². The number of aromatic nitrogens is 5. The zero-order chi connectivity index (χ0) is 94.3. The molecule has 0 aliphatic carbocycles. The number of pyridine rings is 1. The molecule has 12 aromatic rings. The zero-order valence-electron chi connectivity index (χ0n) is 73.2. The van der Waals surface area contributed by atoms with Gasteiger partial charge in [-0.05, 0) is 183 Å². The van der Waals surface area contributed by atoms with Crippen molar-refractivity contribution in [2.75, 3.05) is 29.0 Å². The molecular weight excluding hydrogens is 1780 g/mol. The molecular formula is C100H90F3N17O12S3. The molecule has 9 aromatic carbocycles. The first-order chi connectivity index (χ1) is 65.5. The van der Waals surface area contributed by atoms with E-state index in [-0.39, 0.29) is 69.0 Å². The van der Waals surface area contributed by atoms with Crippen LogP contribution in [-0.2, 0) is 82.4 Å². The largest absolute Gasteiger partial charge is 0.445 e. The molecule has 5 aliphatic rings. The predicted octanol–water partition coefficient (Wildman–Crippen LogP) is 18.3. The van der Waals surface area contributed by atoms with Gasteiger partial charge in [-0.15, -0.1) is 0 Å². The molecule has 8 heterocycles. The van der Waals surface area contributed by atoms with Crippen LogP contribution in [0.5, 0.6) is 0 Å². The van der Waals surface area contributed by atoms with Gasteiger partial charge < -0.3 is 35.5 Å². The lowest BCUT2D eigenvalue weighted by molar-refractivity contribution is -0.127. The topological polar surface area (TPSA) is 347 Å². The molecule has 5 aliphatic heterocycles. The molecule has 29 nitrogen and oxygen atoms in total. The Bertz CT molecular complexity index is 6340. The number of amides is 9. The van der Waals surface area contributed by atoms with Gasteiger partial charge in [0.15, 0.2) is 15.5 Å². The van der Waals surface area contributed by atoms with Crippen LogP contribution in [0, 0.1) is 31.3 Å². The highest BCUT2D eigenvalue weighted by Gasteiger charge is 2.44. The number of amidine groups is 3. The minimum atomic E-state index is -0.857. The second kappa shape index (κ2) is 45.3. The summed E-state index contributed by atoms with van der Waals surface area (Å²) in [6.07, 6.45) is 8.87. The third-order valence-electron chi connectivity index (χ3n) is 21.7. The first kappa shape index (κ1) is 94.4. The van der Waals surface area contributed by atoms with Gasteiger partial charge in [0.1, 0.15) is 71.1 Å². The summed E-state index contributed by atoms with van der Waals surface area (Å²) in [4.78, 5) is 161. The Morgan fingerprint density at radius 3 is 1.11 bits per heavy atom. The summed E-state index contributed by atoms with van der Waals surface area (Å²) in [5.41, 5.74) is 10.8. The number of halogens is 3. The third-order valence-corrected chi connectivity index (χ3v) is 25.4. The van der Waals surface area contributed by atoms with E-state index < -0.39 is 75.5 Å². The molecule has 3 unspecified atom stereocenters. The zero-order valence-corrected chi connectivity index (χ0v) is 75.6. The molecule has 0 bridgehead atoms. The Labute approximate surface area is 788 Å². The van der Waals surface area contributed by atoms with Gasteiger partial charge in [-0.25, -0.2) is 42.5 Å². The van der Waals surface area contributed by atoms with Gasteiger partial charge in [-0.1, -0.05) is 187 Å². The Morgan fingerprint density at radius 2 is 0.763 bits per heavy atom. The van der Waals surface area contributed by atoms with Crippen molar-refractivity contribution >= 4 is 139 Å². The van der Waals surface area contributed by atoms with E-state index in [4.69, 9.17) is 14.2 Å². The van der Waals surface area contributed by atoms with Crippen molar-refractivity contribution < 1.29 is 70.5 Å². The highest BCUT2D eigenvalue weighted by atomic mass is 32.2. The van der Waals surface area contributed by atoms with Gasteiger partial charge in [0.2, 0.25) is 35.4 Å². The fraction of sp³-hybridized carbons (Fsp3) is 0.210. The van der Waals surface area contributed by atoms with Crippen molar-refractivity contribution in [2.24, 2.45) is 15.0 Å². The lowest BCUT2D eigenvalue weighted by Gasteiger charge is -2.23. The van der Waals surface area contributed by atoms with E-state index in [1.807, 2.05) is 117 Å². The molecule has 9 amide bonds. The minimum Gasteiger partial charge on any atom is -0.445 e. The summed E-state index contributed by atoms with van der Waals surface area (Å²) in [6.45, 7) is 6.97. The van der Waals surface area contributed by atoms with Crippen LogP contribution in [0.4, 0.5) is 61.7 Å². The highest BCUT2D eigenvalue weighted by Crippen LogP contribution is 2.45. The number of aryl methyl sites for hydroxylation is 2. The van der Waals surface area contributed by atoms with Crippen LogP contribution in [0.25, 0.3) is 0 Å². The molecule has 0 saturated carbocycles. The lowest BCUT2D eigenvalue weighted by atomic mass is 10.1. The third kappa shape index (κ3) is 25.5. The van der Waals surface area contributed by atoms with Crippen molar-refractivity contribution in [3.8, 4) is 0 Å². The van der Waals surface area contributed by atoms with E-state index >= 15 is 0 Å². The quantitative estimate of drug-likeness (QED) is 0.0386. The Balaban J connectivity index is 0.000000154. The monoisotopic (exact) mass is 1870 g/mol. The number of carbonyl (C=O) groups excluding carboxylic acids is 9. The molecule has 5 fully saturated rings. The van der Waals surface area contributed by atoms with Crippen molar-refractivity contribution in [3.05, 3.63) is 365 Å². The minimum absolute atomic E-state index is 0.0882. The maximum atomic E-state index is 13.9. The number of anilines is 3. The van der Waals surface area contributed by atoms with Crippen molar-refractivity contribution in [1.82, 2.24) is 54.7 Å². The van der Waals surface area contributed by atoms with Crippen molar-refractivity contribution in [2.45, 2.75) is 120 Å². The van der Waals surface area contributed by atoms with Crippen LogP contribution >= 0.6 is 35.3 Å². The van der Waals surface area contributed by atoms with Crippen molar-refractivity contribution in [1.29, 1.82) is 0 Å². The number of benzene rings is 9. The maximum absolute atomic E-state index is 13.9. The summed E-state index contributed by atoms with van der Waals surface area (Å²) < 4.78 is 57.7. The van der Waals surface area contributed by atoms with Crippen LogP contribution in [0.1, 0.15) is 110 Å². The normalized spacial score (nSPS) is 17.9. The molecule has 4 N–H and O–H groups in total. The lowest BCUT2D eigenvalue weighted by Crippen LogP contribution is -2.43. The number of rotatable bonds is 25. The van der Waals surface area contributed by atoms with E-state index in [0.717, 1.165) is 33.6 Å². The summed E-state index contributed by atoms with van der Waals surface area (Å²) in [5.74, 6) is -2.89. The standard InChI is InChI=1S/C34H31FN6O4S.C34H30FN5O4S.C32H29FN6O4S/c1-22-18-37-28(19-36-22)20-41-32(43)30(46-33(41)39-27-10-5-9-25(35)17-27)24-12-14-26(15-13-24)38-31(42)29-11-6-16-40(29)34(44)45-21-23-7-3-2-4-8-23;35-25-10-6-12-27(20-25)38-33-40(21-28-11-4-5-18-36-28)32(42)30(45-33)24-14-16-26(17-15-24)37-31(41)29-13-7-19-39(29)34(43)44-22-23-8-2-1-3-9-23;1-20-16-35-27(17-34-20)18-39-30(41)28(44-31(39)38-26-10-6-9-24(33)15-26)23-11-13-25(14-12-23)37-29(40)21(2)36-32(42)43-19-22-7-4-3-5-8-22/h2-5,7-10,12-15,17-19,29-30H,6,11,16,20-21H2,1H3,(H,38,42);1-6,8-12,14-18,20,29-30H,7,13,19,21-22H2,(H,37,41);3-17,21,28H,18-19H2,1-2H3,(H,36,42)(H,37,40)/t2*29-,30?;21-,28?/m000/s1. The van der Waals surface area contributed by atoms with Crippen molar-refractivity contribution in [3.63, 3.8) is 0 Å². The number of aliphatic imine (C=N–C) groups is 3. The first-order valence-corrected chi connectivity index (χ1v) is 45.7. The molecule has 35 heteroatoms. The number of hydrogen-bond donors (Lipinski definition) is 4. The molecule has 135 heavy (non-hydrogen) atoms. The van der Waals surface area contributed by atoms with Crippen LogP contribution < -0.4 is 21.3 Å². The molecule has 0 spiro atoms. The molecule has 686 valence electrons. The second-order valence-electron chi connectivity index (χ2n) is 31.6. The van der Waals surface area contributed by atoms with Gasteiger partial charge in [-0.2, -0.15) is 0 Å². The maximum Gasteiger partial charge on any atom is 0.410 e.